The van der Waals surface area contributed by atoms with Crippen LogP contribution in [0.5, 0.6) is 0 Å². The third-order valence-electron chi connectivity index (χ3n) is 1.94. The highest BCUT2D eigenvalue weighted by Crippen LogP contribution is 2.06. The number of carboxylic acids is 1. The predicted molar refractivity (Wildman–Crippen MR) is 56.1 cm³/mol. The molecule has 0 atom stereocenters. The van der Waals surface area contributed by atoms with Crippen molar-refractivity contribution >= 4 is 16.0 Å². The Kier molecular flexibility index (Phi) is 3.66. The van der Waals surface area contributed by atoms with E-state index in [0.717, 1.165) is 4.31 Å². The summed E-state index contributed by atoms with van der Waals surface area (Å²) in [7, 11) is -0.696. The summed E-state index contributed by atoms with van der Waals surface area (Å²) >= 11 is 0. The fourth-order valence-corrected chi connectivity index (χ4v) is 2.05. The number of aryl methyl sites for hydroxylation is 1. The molecule has 0 aromatic carbocycles. The molecule has 90 valence electrons. The van der Waals surface area contributed by atoms with Crippen molar-refractivity contribution in [1.29, 1.82) is 0 Å². The molecule has 0 aliphatic rings. The molecule has 0 radical (unpaired) electrons. The van der Waals surface area contributed by atoms with E-state index in [2.05, 4.69) is 5.10 Å². The van der Waals surface area contributed by atoms with Crippen LogP contribution in [0.3, 0.4) is 0 Å². The van der Waals surface area contributed by atoms with E-state index in [-0.39, 0.29) is 6.54 Å². The van der Waals surface area contributed by atoms with Gasteiger partial charge in [-0.15, -0.1) is 0 Å². The number of sulfonamides is 1. The molecule has 7 nitrogen and oxygen atoms in total. The fourth-order valence-electron chi connectivity index (χ4n) is 1.18. The van der Waals surface area contributed by atoms with E-state index in [9.17, 15) is 13.2 Å². The van der Waals surface area contributed by atoms with E-state index < -0.39 is 21.7 Å². The lowest BCUT2D eigenvalue weighted by Gasteiger charge is -2.14. The van der Waals surface area contributed by atoms with Crippen LogP contribution in [0.15, 0.2) is 12.4 Å². The summed E-state index contributed by atoms with van der Waals surface area (Å²) in [6.45, 7) is 0.115. The Morgan fingerprint density at radius 2 is 2.25 bits per heavy atom. The molecule has 1 aromatic heterocycles. The largest absolute Gasteiger partial charge is 0.480 e. The molecule has 1 rings (SSSR count). The van der Waals surface area contributed by atoms with Crippen LogP contribution in [0.1, 0.15) is 5.56 Å². The van der Waals surface area contributed by atoms with Crippen molar-refractivity contribution in [3.05, 3.63) is 18.0 Å². The van der Waals surface area contributed by atoms with Gasteiger partial charge in [-0.25, -0.2) is 8.42 Å². The zero-order valence-electron chi connectivity index (χ0n) is 8.99. The van der Waals surface area contributed by atoms with E-state index in [4.69, 9.17) is 5.11 Å². The van der Waals surface area contributed by atoms with E-state index in [0.29, 0.717) is 5.56 Å². The number of carbonyl (C=O) groups is 1. The molecule has 0 saturated heterocycles. The minimum absolute atomic E-state index is 0.115. The van der Waals surface area contributed by atoms with Crippen molar-refractivity contribution in [2.75, 3.05) is 12.8 Å². The van der Waals surface area contributed by atoms with Crippen LogP contribution < -0.4 is 0 Å². The first-order valence-electron chi connectivity index (χ1n) is 4.44. The van der Waals surface area contributed by atoms with Gasteiger partial charge in [-0.05, 0) is 0 Å². The number of carboxylic acid groups (broad SMARTS) is 1. The van der Waals surface area contributed by atoms with Gasteiger partial charge >= 0.3 is 5.97 Å². The Bertz CT molecular complexity index is 479. The van der Waals surface area contributed by atoms with Crippen LogP contribution in [-0.4, -0.2) is 46.4 Å². The standard InChI is InChI=1S/C8H13N3O4S/c1-10-4-7(3-9-10)5-11(2)16(14,15)6-8(12)13/h3-4H,5-6H2,1-2H3,(H,12,13). The van der Waals surface area contributed by atoms with Crippen molar-refractivity contribution in [2.24, 2.45) is 7.05 Å². The maximum atomic E-state index is 11.5. The lowest BCUT2D eigenvalue weighted by Crippen LogP contribution is -2.31. The third-order valence-corrected chi connectivity index (χ3v) is 3.63. The molecular formula is C8H13N3O4S. The SMILES string of the molecule is CN(Cc1cnn(C)c1)S(=O)(=O)CC(=O)O. The van der Waals surface area contributed by atoms with Crippen molar-refractivity contribution in [3.8, 4) is 0 Å². The first-order chi connectivity index (χ1) is 7.31. The Balaban J connectivity index is 2.72. The van der Waals surface area contributed by atoms with Crippen molar-refractivity contribution in [2.45, 2.75) is 6.54 Å². The van der Waals surface area contributed by atoms with Gasteiger partial charge in [0.15, 0.2) is 5.75 Å². The molecule has 1 aromatic rings. The number of nitrogens with zero attached hydrogens (tertiary/aromatic N) is 3. The van der Waals surface area contributed by atoms with Gasteiger partial charge in [0.2, 0.25) is 10.0 Å². The molecular weight excluding hydrogens is 234 g/mol. The molecule has 1 N–H and O–H groups in total. The number of hydrogen-bond acceptors (Lipinski definition) is 4. The molecule has 16 heavy (non-hydrogen) atoms. The Morgan fingerprint density at radius 3 is 2.69 bits per heavy atom. The normalized spacial score (nSPS) is 11.9. The van der Waals surface area contributed by atoms with Crippen LogP contribution in [-0.2, 0) is 28.4 Å². The second kappa shape index (κ2) is 4.62. The summed E-state index contributed by atoms with van der Waals surface area (Å²) in [6.07, 6.45) is 3.21. The molecule has 0 bridgehead atoms. The van der Waals surface area contributed by atoms with Gasteiger partial charge < -0.3 is 5.11 Å². The maximum absolute atomic E-state index is 11.5. The zero-order chi connectivity index (χ0) is 12.3. The van der Waals surface area contributed by atoms with Gasteiger partial charge in [0, 0.05) is 32.4 Å². The molecule has 0 unspecified atom stereocenters. The van der Waals surface area contributed by atoms with Gasteiger partial charge in [-0.1, -0.05) is 0 Å². The van der Waals surface area contributed by atoms with Gasteiger partial charge in [0.05, 0.1) is 6.20 Å². The third kappa shape index (κ3) is 3.31. The second-order valence-electron chi connectivity index (χ2n) is 3.43. The molecule has 0 saturated carbocycles. The van der Waals surface area contributed by atoms with Gasteiger partial charge in [-0.3, -0.25) is 9.48 Å². The predicted octanol–water partition coefficient (Wildman–Crippen LogP) is -0.734. The Hall–Kier alpha value is -1.41. The minimum atomic E-state index is -3.75. The first-order valence-corrected chi connectivity index (χ1v) is 6.05. The summed E-state index contributed by atoms with van der Waals surface area (Å²) in [4.78, 5) is 10.4. The monoisotopic (exact) mass is 247 g/mol. The van der Waals surface area contributed by atoms with Crippen LogP contribution in [0, 0.1) is 0 Å². The number of rotatable bonds is 5. The highest BCUT2D eigenvalue weighted by Gasteiger charge is 2.21. The summed E-state index contributed by atoms with van der Waals surface area (Å²) in [5.41, 5.74) is 0.707. The second-order valence-corrected chi connectivity index (χ2v) is 5.50. The van der Waals surface area contributed by atoms with E-state index in [1.165, 1.54) is 13.2 Å². The summed E-state index contributed by atoms with van der Waals surface area (Å²) < 4.78 is 25.5. The van der Waals surface area contributed by atoms with E-state index >= 15 is 0 Å². The highest BCUT2D eigenvalue weighted by molar-refractivity contribution is 7.89. The Morgan fingerprint density at radius 1 is 1.62 bits per heavy atom. The van der Waals surface area contributed by atoms with Crippen molar-refractivity contribution in [1.82, 2.24) is 14.1 Å². The smallest absolute Gasteiger partial charge is 0.320 e. The van der Waals surface area contributed by atoms with Crippen LogP contribution in [0.25, 0.3) is 0 Å². The van der Waals surface area contributed by atoms with Crippen LogP contribution in [0.4, 0.5) is 0 Å². The molecule has 1 heterocycles. The zero-order valence-corrected chi connectivity index (χ0v) is 9.81. The maximum Gasteiger partial charge on any atom is 0.320 e. The minimum Gasteiger partial charge on any atom is -0.480 e. The number of aromatic nitrogens is 2. The lowest BCUT2D eigenvalue weighted by molar-refractivity contribution is -0.134. The number of hydrogen-bond donors (Lipinski definition) is 1. The topological polar surface area (TPSA) is 92.5 Å². The molecule has 0 aliphatic carbocycles. The molecule has 0 aliphatic heterocycles. The van der Waals surface area contributed by atoms with E-state index in [1.807, 2.05) is 0 Å². The van der Waals surface area contributed by atoms with E-state index in [1.54, 1.807) is 17.9 Å². The molecule has 8 heteroatoms. The molecule has 0 amide bonds. The average molecular weight is 247 g/mol. The summed E-state index contributed by atoms with van der Waals surface area (Å²) in [5.74, 6) is -2.26. The van der Waals surface area contributed by atoms with Crippen LogP contribution in [0.2, 0.25) is 0 Å². The average Bonchev–Trinajstić information content (AvgIpc) is 2.48. The number of aliphatic carboxylic acids is 1. The van der Waals surface area contributed by atoms with Crippen molar-refractivity contribution < 1.29 is 18.3 Å². The first kappa shape index (κ1) is 12.7. The Labute approximate surface area is 93.3 Å². The van der Waals surface area contributed by atoms with Gasteiger partial charge in [0.25, 0.3) is 0 Å². The van der Waals surface area contributed by atoms with Gasteiger partial charge in [0.1, 0.15) is 0 Å². The molecule has 0 spiro atoms. The van der Waals surface area contributed by atoms with Crippen molar-refractivity contribution in [3.63, 3.8) is 0 Å². The fraction of sp³-hybridized carbons (Fsp3) is 0.500. The van der Waals surface area contributed by atoms with Gasteiger partial charge in [-0.2, -0.15) is 9.40 Å². The summed E-state index contributed by atoms with van der Waals surface area (Å²) in [5, 5.41) is 12.3. The highest BCUT2D eigenvalue weighted by atomic mass is 32.2. The summed E-state index contributed by atoms with van der Waals surface area (Å²) in [6, 6.07) is 0. The quantitative estimate of drug-likeness (QED) is 0.740. The molecule has 0 fully saturated rings. The van der Waals surface area contributed by atoms with Crippen LogP contribution >= 0.6 is 0 Å². The lowest BCUT2D eigenvalue weighted by atomic mass is 10.4.